The number of anilines is 1. The fourth-order valence-corrected chi connectivity index (χ4v) is 1.66. The van der Waals surface area contributed by atoms with Crippen LogP contribution in [-0.2, 0) is 0 Å². The zero-order valence-electron chi connectivity index (χ0n) is 8.87. The number of hydrogen-bond acceptors (Lipinski definition) is 4. The molecule has 6 heteroatoms. The first kappa shape index (κ1) is 12.5. The molecule has 4 nitrogen and oxygen atoms in total. The second-order valence-corrected chi connectivity index (χ2v) is 3.84. The molecule has 0 spiro atoms. The van der Waals surface area contributed by atoms with Gasteiger partial charge < -0.3 is 4.90 Å². The molecule has 0 radical (unpaired) electrons. The molecule has 0 amide bonds. The topological polar surface area (TPSA) is 41.9 Å². The van der Waals surface area contributed by atoms with Crippen LogP contribution in [0.1, 0.15) is 26.7 Å². The van der Waals surface area contributed by atoms with E-state index in [2.05, 4.69) is 33.7 Å². The lowest BCUT2D eigenvalue weighted by Crippen LogP contribution is -2.27. The Balaban J connectivity index is 2.88. The normalized spacial score (nSPS) is 10.4. The number of halogens is 2. The summed E-state index contributed by atoms with van der Waals surface area (Å²) in [5, 5.41) is 0.282. The molecule has 0 bridgehead atoms. The molecule has 15 heavy (non-hydrogen) atoms. The molecule has 0 unspecified atom stereocenters. The smallest absolute Gasteiger partial charge is 0.230 e. The van der Waals surface area contributed by atoms with E-state index < -0.39 is 0 Å². The monoisotopic (exact) mass is 248 g/mol. The lowest BCUT2D eigenvalue weighted by Gasteiger charge is -2.20. The van der Waals surface area contributed by atoms with Crippen molar-refractivity contribution in [2.75, 3.05) is 18.0 Å². The van der Waals surface area contributed by atoms with E-state index in [0.29, 0.717) is 5.95 Å². The highest BCUT2D eigenvalue weighted by Gasteiger charge is 2.10. The van der Waals surface area contributed by atoms with Crippen LogP contribution in [0.5, 0.6) is 0 Å². The third-order valence-electron chi connectivity index (χ3n) is 1.84. The van der Waals surface area contributed by atoms with Crippen LogP contribution in [0.15, 0.2) is 0 Å². The van der Waals surface area contributed by atoms with Gasteiger partial charge in [0.2, 0.25) is 16.5 Å². The summed E-state index contributed by atoms with van der Waals surface area (Å²) >= 11 is 11.4. The Hall–Kier alpha value is -0.610. The highest BCUT2D eigenvalue weighted by Crippen LogP contribution is 2.14. The van der Waals surface area contributed by atoms with Gasteiger partial charge in [0, 0.05) is 13.1 Å². The van der Waals surface area contributed by atoms with Crippen molar-refractivity contribution in [2.45, 2.75) is 26.7 Å². The number of rotatable bonds is 5. The van der Waals surface area contributed by atoms with Gasteiger partial charge in [0.25, 0.3) is 0 Å². The Labute approximate surface area is 99.6 Å². The average Bonchev–Trinajstić information content (AvgIpc) is 2.16. The third-order valence-corrected chi connectivity index (χ3v) is 2.18. The van der Waals surface area contributed by atoms with E-state index >= 15 is 0 Å². The molecule has 0 saturated heterocycles. The van der Waals surface area contributed by atoms with Crippen LogP contribution in [-0.4, -0.2) is 28.0 Å². The Bertz CT molecular complexity index is 293. The highest BCUT2D eigenvalue weighted by molar-refractivity contribution is 6.31. The second kappa shape index (κ2) is 6.08. The van der Waals surface area contributed by atoms with Gasteiger partial charge in [-0.3, -0.25) is 0 Å². The first-order valence-electron chi connectivity index (χ1n) is 4.99. The summed E-state index contributed by atoms with van der Waals surface area (Å²) in [5.41, 5.74) is 0. The zero-order valence-corrected chi connectivity index (χ0v) is 10.4. The van der Waals surface area contributed by atoms with Gasteiger partial charge in [0.05, 0.1) is 0 Å². The van der Waals surface area contributed by atoms with Crippen molar-refractivity contribution in [2.24, 2.45) is 0 Å². The van der Waals surface area contributed by atoms with Crippen LogP contribution in [0.4, 0.5) is 5.95 Å². The number of nitrogens with zero attached hydrogens (tertiary/aromatic N) is 4. The predicted octanol–water partition coefficient (Wildman–Crippen LogP) is 2.80. The largest absolute Gasteiger partial charge is 0.341 e. The summed E-state index contributed by atoms with van der Waals surface area (Å²) in [6, 6.07) is 0. The van der Waals surface area contributed by atoms with Crippen LogP contribution in [0, 0.1) is 0 Å². The maximum absolute atomic E-state index is 5.72. The van der Waals surface area contributed by atoms with E-state index in [1.54, 1.807) is 0 Å². The fraction of sp³-hybridized carbons (Fsp3) is 0.667. The molecular weight excluding hydrogens is 235 g/mol. The maximum Gasteiger partial charge on any atom is 0.230 e. The average molecular weight is 249 g/mol. The van der Waals surface area contributed by atoms with E-state index in [9.17, 15) is 0 Å². The molecule has 0 N–H and O–H groups in total. The van der Waals surface area contributed by atoms with Gasteiger partial charge in [-0.2, -0.15) is 15.0 Å². The van der Waals surface area contributed by atoms with Crippen LogP contribution in [0.2, 0.25) is 10.6 Å². The summed E-state index contributed by atoms with van der Waals surface area (Å²) in [5.74, 6) is 0.559. The van der Waals surface area contributed by atoms with Crippen LogP contribution < -0.4 is 4.90 Å². The van der Waals surface area contributed by atoms with E-state index in [0.717, 1.165) is 25.9 Å². The van der Waals surface area contributed by atoms with E-state index in [4.69, 9.17) is 23.2 Å². The quantitative estimate of drug-likeness (QED) is 0.804. The lowest BCUT2D eigenvalue weighted by molar-refractivity contribution is 0.717. The zero-order chi connectivity index (χ0) is 11.3. The van der Waals surface area contributed by atoms with Crippen molar-refractivity contribution >= 4 is 29.2 Å². The van der Waals surface area contributed by atoms with E-state index in [1.165, 1.54) is 0 Å². The van der Waals surface area contributed by atoms with Gasteiger partial charge in [-0.25, -0.2) is 0 Å². The second-order valence-electron chi connectivity index (χ2n) is 3.16. The summed E-state index contributed by atoms with van der Waals surface area (Å²) in [7, 11) is 0. The minimum atomic E-state index is 0.141. The standard InChI is InChI=1S/C9H14Cl2N4/c1-3-5-15(6-4-2)9-13-7(10)12-8(11)14-9/h3-6H2,1-2H3. The molecule has 1 heterocycles. The molecule has 0 aliphatic carbocycles. The SMILES string of the molecule is CCCN(CCC)c1nc(Cl)nc(Cl)n1. The highest BCUT2D eigenvalue weighted by atomic mass is 35.5. The molecule has 1 aromatic heterocycles. The number of aromatic nitrogens is 3. The first-order valence-corrected chi connectivity index (χ1v) is 5.75. The molecule has 0 aliphatic heterocycles. The van der Waals surface area contributed by atoms with Crippen LogP contribution in [0.25, 0.3) is 0 Å². The van der Waals surface area contributed by atoms with Crippen molar-refractivity contribution in [1.29, 1.82) is 0 Å². The van der Waals surface area contributed by atoms with E-state index in [-0.39, 0.29) is 10.6 Å². The summed E-state index contributed by atoms with van der Waals surface area (Å²) in [6.07, 6.45) is 2.06. The van der Waals surface area contributed by atoms with Crippen molar-refractivity contribution in [3.05, 3.63) is 10.6 Å². The Kier molecular flexibility index (Phi) is 5.05. The first-order chi connectivity index (χ1) is 7.17. The maximum atomic E-state index is 5.72. The van der Waals surface area contributed by atoms with Gasteiger partial charge in [-0.1, -0.05) is 13.8 Å². The summed E-state index contributed by atoms with van der Waals surface area (Å²) in [6.45, 7) is 6.00. The molecule has 1 aromatic rings. The van der Waals surface area contributed by atoms with Gasteiger partial charge >= 0.3 is 0 Å². The molecule has 0 fully saturated rings. The molecule has 84 valence electrons. The number of hydrogen-bond donors (Lipinski definition) is 0. The van der Waals surface area contributed by atoms with Crippen molar-refractivity contribution in [3.63, 3.8) is 0 Å². The summed E-state index contributed by atoms with van der Waals surface area (Å²) in [4.78, 5) is 13.9. The van der Waals surface area contributed by atoms with Gasteiger partial charge in [0.15, 0.2) is 0 Å². The van der Waals surface area contributed by atoms with Crippen LogP contribution in [0.3, 0.4) is 0 Å². The molecule has 0 atom stereocenters. The minimum Gasteiger partial charge on any atom is -0.341 e. The van der Waals surface area contributed by atoms with Gasteiger partial charge in [-0.05, 0) is 36.0 Å². The third kappa shape index (κ3) is 3.80. The van der Waals surface area contributed by atoms with Crippen LogP contribution >= 0.6 is 23.2 Å². The van der Waals surface area contributed by atoms with Crippen molar-refractivity contribution in [1.82, 2.24) is 15.0 Å². The fourth-order valence-electron chi connectivity index (χ4n) is 1.31. The summed E-state index contributed by atoms with van der Waals surface area (Å²) < 4.78 is 0. The lowest BCUT2D eigenvalue weighted by atomic mass is 10.4. The minimum absolute atomic E-state index is 0.141. The molecule has 0 aliphatic rings. The Morgan fingerprint density at radius 3 is 1.80 bits per heavy atom. The van der Waals surface area contributed by atoms with Gasteiger partial charge in [0.1, 0.15) is 0 Å². The molecule has 0 aromatic carbocycles. The molecule has 0 saturated carbocycles. The predicted molar refractivity (Wildman–Crippen MR) is 62.6 cm³/mol. The molecular formula is C9H14Cl2N4. The molecule has 1 rings (SSSR count). The van der Waals surface area contributed by atoms with E-state index in [1.807, 2.05) is 0 Å². The Morgan fingerprint density at radius 1 is 0.933 bits per heavy atom. The van der Waals surface area contributed by atoms with Crippen molar-refractivity contribution in [3.8, 4) is 0 Å². The van der Waals surface area contributed by atoms with Gasteiger partial charge in [-0.15, -0.1) is 0 Å². The Morgan fingerprint density at radius 2 is 1.40 bits per heavy atom. The van der Waals surface area contributed by atoms with Crippen molar-refractivity contribution < 1.29 is 0 Å².